The van der Waals surface area contributed by atoms with E-state index >= 15 is 0 Å². The first-order valence-electron chi connectivity index (χ1n) is 8.19. The van der Waals surface area contributed by atoms with Crippen molar-refractivity contribution in [2.45, 2.75) is 20.4 Å². The molecule has 2 aromatic rings. The van der Waals surface area contributed by atoms with E-state index in [0.717, 1.165) is 35.9 Å². The van der Waals surface area contributed by atoms with Gasteiger partial charge in [0, 0.05) is 20.0 Å². The van der Waals surface area contributed by atoms with E-state index in [1.54, 1.807) is 20.2 Å². The van der Waals surface area contributed by atoms with Crippen LogP contribution in [0.5, 0.6) is 5.75 Å². The van der Waals surface area contributed by atoms with E-state index in [9.17, 15) is 4.79 Å². The van der Waals surface area contributed by atoms with Crippen molar-refractivity contribution in [3.8, 4) is 5.75 Å². The Morgan fingerprint density at radius 3 is 2.58 bits per heavy atom. The predicted octanol–water partition coefficient (Wildman–Crippen LogP) is 3.10. The quantitative estimate of drug-likeness (QED) is 0.870. The normalized spacial score (nSPS) is 17.2. The number of anilines is 2. The Morgan fingerprint density at radius 2 is 1.96 bits per heavy atom. The molecule has 5 nitrogen and oxygen atoms in total. The van der Waals surface area contributed by atoms with Gasteiger partial charge in [-0.15, -0.1) is 0 Å². The molecular weight excluding hydrogens is 302 g/mol. The van der Waals surface area contributed by atoms with E-state index in [0.29, 0.717) is 12.5 Å². The van der Waals surface area contributed by atoms with E-state index in [-0.39, 0.29) is 5.91 Å². The lowest BCUT2D eigenvalue weighted by Gasteiger charge is -2.26. The fourth-order valence-electron chi connectivity index (χ4n) is 3.17. The summed E-state index contributed by atoms with van der Waals surface area (Å²) in [5, 5.41) is 0. The summed E-state index contributed by atoms with van der Waals surface area (Å²) >= 11 is 0. The van der Waals surface area contributed by atoms with Crippen LogP contribution in [-0.4, -0.2) is 31.1 Å². The highest BCUT2D eigenvalue weighted by molar-refractivity contribution is 5.95. The van der Waals surface area contributed by atoms with Crippen molar-refractivity contribution in [3.05, 3.63) is 48.3 Å². The van der Waals surface area contributed by atoms with Gasteiger partial charge in [-0.1, -0.05) is 19.1 Å². The molecule has 1 aliphatic rings. The van der Waals surface area contributed by atoms with Crippen LogP contribution in [0.4, 0.5) is 11.4 Å². The average Bonchev–Trinajstić information content (AvgIpc) is 2.73. The monoisotopic (exact) mass is 325 g/mol. The van der Waals surface area contributed by atoms with E-state index in [4.69, 9.17) is 4.74 Å². The minimum Gasteiger partial charge on any atom is -0.495 e. The van der Waals surface area contributed by atoms with Crippen molar-refractivity contribution in [1.82, 2.24) is 4.98 Å². The molecule has 0 aliphatic carbocycles. The lowest BCUT2D eigenvalue weighted by atomic mass is 10.1. The first kappa shape index (κ1) is 16.3. The van der Waals surface area contributed by atoms with Crippen LogP contribution in [0.15, 0.2) is 42.6 Å². The van der Waals surface area contributed by atoms with Crippen LogP contribution in [0.2, 0.25) is 0 Å². The number of hydrogen-bond donors (Lipinski definition) is 0. The fourth-order valence-corrected chi connectivity index (χ4v) is 3.17. The fraction of sp³-hybridized carbons (Fsp3) is 0.368. The molecule has 1 aromatic carbocycles. The molecule has 1 amide bonds. The summed E-state index contributed by atoms with van der Waals surface area (Å²) in [7, 11) is 1.64. The second kappa shape index (κ2) is 6.91. The van der Waals surface area contributed by atoms with Crippen LogP contribution < -0.4 is 14.5 Å². The second-order valence-corrected chi connectivity index (χ2v) is 6.29. The highest BCUT2D eigenvalue weighted by Gasteiger charge is 2.26. The zero-order chi connectivity index (χ0) is 17.1. The standard InChI is InChI=1S/C19H23N3O2/c1-14-11-21(13-16-8-9-17(24-3)10-20-16)18-6-4-5-7-19(18)22(12-14)15(2)23/h4-10,14H,11-13H2,1-3H3. The largest absolute Gasteiger partial charge is 0.495 e. The molecule has 126 valence electrons. The molecule has 0 radical (unpaired) electrons. The Kier molecular flexibility index (Phi) is 4.69. The highest BCUT2D eigenvalue weighted by Crippen LogP contribution is 2.34. The number of para-hydroxylation sites is 2. The van der Waals surface area contributed by atoms with Crippen molar-refractivity contribution < 1.29 is 9.53 Å². The molecule has 0 fully saturated rings. The molecule has 0 saturated heterocycles. The number of carbonyl (C=O) groups excluding carboxylic acids is 1. The Morgan fingerprint density at radius 1 is 1.21 bits per heavy atom. The van der Waals surface area contributed by atoms with Gasteiger partial charge in [-0.3, -0.25) is 9.78 Å². The summed E-state index contributed by atoms with van der Waals surface area (Å²) in [6, 6.07) is 12.0. The van der Waals surface area contributed by atoms with E-state index in [1.807, 2.05) is 35.2 Å². The van der Waals surface area contributed by atoms with Gasteiger partial charge in [0.15, 0.2) is 0 Å². The zero-order valence-electron chi connectivity index (χ0n) is 14.4. The summed E-state index contributed by atoms with van der Waals surface area (Å²) in [6.45, 7) is 6.13. The summed E-state index contributed by atoms with van der Waals surface area (Å²) < 4.78 is 5.17. The number of amides is 1. The summed E-state index contributed by atoms with van der Waals surface area (Å²) in [4.78, 5) is 20.7. The van der Waals surface area contributed by atoms with Crippen LogP contribution in [0.25, 0.3) is 0 Å². The van der Waals surface area contributed by atoms with Crippen molar-refractivity contribution in [3.63, 3.8) is 0 Å². The van der Waals surface area contributed by atoms with Crippen LogP contribution in [-0.2, 0) is 11.3 Å². The molecule has 2 heterocycles. The lowest BCUT2D eigenvalue weighted by Crippen LogP contribution is -2.33. The van der Waals surface area contributed by atoms with Gasteiger partial charge >= 0.3 is 0 Å². The molecule has 0 N–H and O–H groups in total. The smallest absolute Gasteiger partial charge is 0.223 e. The number of benzene rings is 1. The number of pyridine rings is 1. The molecule has 0 spiro atoms. The van der Waals surface area contributed by atoms with Gasteiger partial charge < -0.3 is 14.5 Å². The number of carbonyl (C=O) groups is 1. The first-order chi connectivity index (χ1) is 11.6. The summed E-state index contributed by atoms with van der Waals surface area (Å²) in [5.74, 6) is 1.21. The number of methoxy groups -OCH3 is 1. The molecule has 0 bridgehead atoms. The maximum atomic E-state index is 12.1. The highest BCUT2D eigenvalue weighted by atomic mass is 16.5. The third-order valence-electron chi connectivity index (χ3n) is 4.31. The number of aromatic nitrogens is 1. The van der Waals surface area contributed by atoms with E-state index < -0.39 is 0 Å². The number of fused-ring (bicyclic) bond motifs is 1. The molecule has 1 unspecified atom stereocenters. The maximum Gasteiger partial charge on any atom is 0.223 e. The van der Waals surface area contributed by atoms with Gasteiger partial charge in [-0.25, -0.2) is 0 Å². The van der Waals surface area contributed by atoms with E-state index in [2.05, 4.69) is 22.9 Å². The van der Waals surface area contributed by atoms with Gasteiger partial charge in [0.25, 0.3) is 0 Å². The zero-order valence-corrected chi connectivity index (χ0v) is 14.4. The molecule has 1 aliphatic heterocycles. The van der Waals surface area contributed by atoms with Crippen molar-refractivity contribution in [2.75, 3.05) is 30.0 Å². The first-order valence-corrected chi connectivity index (χ1v) is 8.19. The molecule has 1 aromatic heterocycles. The predicted molar refractivity (Wildman–Crippen MR) is 95.5 cm³/mol. The third kappa shape index (κ3) is 3.35. The SMILES string of the molecule is COc1ccc(CN2CC(C)CN(C(C)=O)c3ccccc32)nc1. The van der Waals surface area contributed by atoms with Crippen LogP contribution >= 0.6 is 0 Å². The van der Waals surface area contributed by atoms with Crippen LogP contribution in [0, 0.1) is 5.92 Å². The molecule has 3 rings (SSSR count). The second-order valence-electron chi connectivity index (χ2n) is 6.29. The van der Waals surface area contributed by atoms with Crippen molar-refractivity contribution in [1.29, 1.82) is 0 Å². The van der Waals surface area contributed by atoms with Gasteiger partial charge in [0.1, 0.15) is 5.75 Å². The van der Waals surface area contributed by atoms with Crippen molar-refractivity contribution >= 4 is 17.3 Å². The van der Waals surface area contributed by atoms with Gasteiger partial charge in [-0.05, 0) is 30.2 Å². The number of rotatable bonds is 3. The Bertz CT molecular complexity index is 715. The Hall–Kier alpha value is -2.56. The number of nitrogens with zero attached hydrogens (tertiary/aromatic N) is 3. The summed E-state index contributed by atoms with van der Waals surface area (Å²) in [5.41, 5.74) is 3.03. The van der Waals surface area contributed by atoms with Gasteiger partial charge in [0.05, 0.1) is 36.9 Å². The molecule has 5 heteroatoms. The summed E-state index contributed by atoms with van der Waals surface area (Å²) in [6.07, 6.45) is 1.74. The average molecular weight is 325 g/mol. The Balaban J connectivity index is 1.93. The number of ether oxygens (including phenoxy) is 1. The third-order valence-corrected chi connectivity index (χ3v) is 4.31. The molecule has 1 atom stereocenters. The topological polar surface area (TPSA) is 45.7 Å². The molecule has 24 heavy (non-hydrogen) atoms. The van der Waals surface area contributed by atoms with Crippen LogP contribution in [0.3, 0.4) is 0 Å². The maximum absolute atomic E-state index is 12.1. The lowest BCUT2D eigenvalue weighted by molar-refractivity contribution is -0.116. The number of hydrogen-bond acceptors (Lipinski definition) is 4. The van der Waals surface area contributed by atoms with Gasteiger partial charge in [-0.2, -0.15) is 0 Å². The van der Waals surface area contributed by atoms with E-state index in [1.165, 1.54) is 0 Å². The molecule has 0 saturated carbocycles. The molecular formula is C19H23N3O2. The van der Waals surface area contributed by atoms with Crippen molar-refractivity contribution in [2.24, 2.45) is 5.92 Å². The minimum atomic E-state index is 0.0822. The Labute approximate surface area is 142 Å². The van der Waals surface area contributed by atoms with Gasteiger partial charge in [0.2, 0.25) is 5.91 Å². The minimum absolute atomic E-state index is 0.0822. The van der Waals surface area contributed by atoms with Crippen LogP contribution in [0.1, 0.15) is 19.5 Å².